The fourth-order valence-electron chi connectivity index (χ4n) is 3.40. The normalized spacial score (nSPS) is 11.1. The summed E-state index contributed by atoms with van der Waals surface area (Å²) in [5.74, 6) is -0.183. The van der Waals surface area contributed by atoms with E-state index in [0.29, 0.717) is 34.9 Å². The van der Waals surface area contributed by atoms with E-state index in [9.17, 15) is 9.59 Å². The number of benzene rings is 3. The molecule has 0 atom stereocenters. The molecule has 0 aliphatic heterocycles. The van der Waals surface area contributed by atoms with Gasteiger partial charge < -0.3 is 4.90 Å². The lowest BCUT2D eigenvalue weighted by Crippen LogP contribution is -2.36. The highest BCUT2D eigenvalue weighted by atomic mass is 32.1. The second kappa shape index (κ2) is 9.42. The molecule has 0 spiro atoms. The first kappa shape index (κ1) is 21.9. The second-order valence-electron chi connectivity index (χ2n) is 8.00. The quantitative estimate of drug-likeness (QED) is 0.375. The number of aromatic nitrogens is 1. The minimum Gasteiger partial charge on any atom is -0.308 e. The maximum Gasteiger partial charge on any atom is 0.260 e. The number of thiazole rings is 1. The van der Waals surface area contributed by atoms with Crippen molar-refractivity contribution in [3.8, 4) is 0 Å². The van der Waals surface area contributed by atoms with Crippen LogP contribution in [0.2, 0.25) is 0 Å². The van der Waals surface area contributed by atoms with Gasteiger partial charge in [0.05, 0.1) is 10.2 Å². The second-order valence-corrected chi connectivity index (χ2v) is 9.01. The van der Waals surface area contributed by atoms with Crippen LogP contribution < -0.4 is 4.90 Å². The zero-order valence-electron chi connectivity index (χ0n) is 18.4. The Labute approximate surface area is 191 Å². The molecule has 0 aliphatic carbocycles. The first-order valence-corrected chi connectivity index (χ1v) is 11.3. The van der Waals surface area contributed by atoms with E-state index in [1.807, 2.05) is 56.3 Å². The Morgan fingerprint density at radius 2 is 1.50 bits per heavy atom. The molecule has 162 valence electrons. The largest absolute Gasteiger partial charge is 0.308 e. The minimum absolute atomic E-state index is 0.0596. The summed E-state index contributed by atoms with van der Waals surface area (Å²) in [4.78, 5) is 34.6. The number of nitrogens with zero attached hydrogens (tertiary/aromatic N) is 3. The Kier molecular flexibility index (Phi) is 6.44. The number of aryl methyl sites for hydroxylation is 1. The van der Waals surface area contributed by atoms with Gasteiger partial charge >= 0.3 is 0 Å². The molecule has 0 radical (unpaired) electrons. The Morgan fingerprint density at radius 1 is 0.844 bits per heavy atom. The van der Waals surface area contributed by atoms with Gasteiger partial charge in [-0.25, -0.2) is 4.98 Å². The van der Waals surface area contributed by atoms with Crippen LogP contribution in [0.15, 0.2) is 72.8 Å². The van der Waals surface area contributed by atoms with E-state index < -0.39 is 0 Å². The maximum atomic E-state index is 13.4. The Morgan fingerprint density at radius 3 is 2.19 bits per heavy atom. The average molecular weight is 444 g/mol. The van der Waals surface area contributed by atoms with Crippen LogP contribution in [0.4, 0.5) is 5.13 Å². The Balaban J connectivity index is 1.62. The lowest BCUT2D eigenvalue weighted by atomic mass is 10.0. The highest BCUT2D eigenvalue weighted by molar-refractivity contribution is 7.22. The zero-order chi connectivity index (χ0) is 22.7. The van der Waals surface area contributed by atoms with Crippen LogP contribution in [0.25, 0.3) is 10.2 Å². The number of ketones is 1. The number of anilines is 1. The summed E-state index contributed by atoms with van der Waals surface area (Å²) in [5.41, 5.74) is 3.77. The molecule has 1 heterocycles. The van der Waals surface area contributed by atoms with E-state index in [1.165, 1.54) is 11.3 Å². The predicted molar refractivity (Wildman–Crippen MR) is 131 cm³/mol. The first-order valence-electron chi connectivity index (χ1n) is 10.5. The molecule has 0 bridgehead atoms. The van der Waals surface area contributed by atoms with Crippen molar-refractivity contribution >= 4 is 38.4 Å². The van der Waals surface area contributed by atoms with E-state index in [4.69, 9.17) is 4.98 Å². The fraction of sp³-hybridized carbons (Fsp3) is 0.192. The summed E-state index contributed by atoms with van der Waals surface area (Å²) in [6.45, 7) is 3.28. The maximum absolute atomic E-state index is 13.4. The van der Waals surface area contributed by atoms with E-state index in [1.54, 1.807) is 41.3 Å². The van der Waals surface area contributed by atoms with Crippen LogP contribution in [0, 0.1) is 6.92 Å². The third-order valence-electron chi connectivity index (χ3n) is 5.21. The molecule has 0 fully saturated rings. The van der Waals surface area contributed by atoms with Gasteiger partial charge in [0.25, 0.3) is 5.91 Å². The monoisotopic (exact) mass is 443 g/mol. The standard InChI is InChI=1S/C26H25N3O2S/c1-18-9-14-22-23(17-18)32-26(27-22)29(16-15-28(2)3)25(31)21-12-10-20(11-13-21)24(30)19-7-5-4-6-8-19/h4-14,17H,15-16H2,1-3H3. The van der Waals surface area contributed by atoms with Gasteiger partial charge in [0.2, 0.25) is 0 Å². The van der Waals surface area contributed by atoms with Crippen molar-refractivity contribution < 1.29 is 9.59 Å². The SMILES string of the molecule is Cc1ccc2nc(N(CCN(C)C)C(=O)c3ccc(C(=O)c4ccccc4)cc3)sc2c1. The van der Waals surface area contributed by atoms with Gasteiger partial charge in [-0.2, -0.15) is 0 Å². The molecule has 0 saturated carbocycles. The molecule has 5 nitrogen and oxygen atoms in total. The number of likely N-dealkylation sites (N-methyl/N-ethyl adjacent to an activating group) is 1. The molecule has 4 rings (SSSR count). The number of rotatable bonds is 7. The molecule has 0 saturated heterocycles. The van der Waals surface area contributed by atoms with Crippen molar-refractivity contribution in [2.75, 3.05) is 32.1 Å². The molecule has 3 aromatic carbocycles. The highest BCUT2D eigenvalue weighted by Gasteiger charge is 2.22. The van der Waals surface area contributed by atoms with Crippen molar-refractivity contribution in [2.45, 2.75) is 6.92 Å². The lowest BCUT2D eigenvalue weighted by Gasteiger charge is -2.22. The van der Waals surface area contributed by atoms with Crippen molar-refractivity contribution in [1.82, 2.24) is 9.88 Å². The smallest absolute Gasteiger partial charge is 0.260 e. The third kappa shape index (κ3) is 4.77. The van der Waals surface area contributed by atoms with Gasteiger partial charge in [0.1, 0.15) is 0 Å². The van der Waals surface area contributed by atoms with Gasteiger partial charge in [-0.1, -0.05) is 59.9 Å². The summed E-state index contributed by atoms with van der Waals surface area (Å²) >= 11 is 1.52. The van der Waals surface area contributed by atoms with Crippen LogP contribution in [-0.2, 0) is 0 Å². The average Bonchev–Trinajstić information content (AvgIpc) is 3.22. The number of amides is 1. The summed E-state index contributed by atoms with van der Waals surface area (Å²) in [6.07, 6.45) is 0. The van der Waals surface area contributed by atoms with Crippen LogP contribution >= 0.6 is 11.3 Å². The van der Waals surface area contributed by atoms with Crippen molar-refractivity contribution in [3.05, 3.63) is 95.1 Å². The van der Waals surface area contributed by atoms with Crippen molar-refractivity contribution in [3.63, 3.8) is 0 Å². The van der Waals surface area contributed by atoms with E-state index in [-0.39, 0.29) is 11.7 Å². The Bertz CT molecular complexity index is 1250. The lowest BCUT2D eigenvalue weighted by molar-refractivity contribution is 0.0982. The van der Waals surface area contributed by atoms with Gasteiger partial charge in [-0.05, 0) is 50.8 Å². The number of hydrogen-bond donors (Lipinski definition) is 0. The third-order valence-corrected chi connectivity index (χ3v) is 6.25. The number of fused-ring (bicyclic) bond motifs is 1. The molecule has 0 unspecified atom stereocenters. The summed E-state index contributed by atoms with van der Waals surface area (Å²) in [6, 6.07) is 22.1. The van der Waals surface area contributed by atoms with Crippen LogP contribution in [0.1, 0.15) is 31.8 Å². The molecule has 0 N–H and O–H groups in total. The molecular weight excluding hydrogens is 418 g/mol. The molecule has 6 heteroatoms. The predicted octanol–water partition coefficient (Wildman–Crippen LogP) is 5.04. The van der Waals surface area contributed by atoms with Crippen molar-refractivity contribution in [2.24, 2.45) is 0 Å². The highest BCUT2D eigenvalue weighted by Crippen LogP contribution is 2.30. The first-order chi connectivity index (χ1) is 15.4. The molecule has 1 amide bonds. The number of carbonyl (C=O) groups is 2. The minimum atomic E-state index is -0.124. The number of carbonyl (C=O) groups excluding carboxylic acids is 2. The summed E-state index contributed by atoms with van der Waals surface area (Å²) < 4.78 is 1.06. The van der Waals surface area contributed by atoms with Gasteiger partial charge in [-0.3, -0.25) is 14.5 Å². The van der Waals surface area contributed by atoms with Gasteiger partial charge in [0.15, 0.2) is 10.9 Å². The molecule has 1 aromatic heterocycles. The topological polar surface area (TPSA) is 53.5 Å². The molecule has 0 aliphatic rings. The van der Waals surface area contributed by atoms with Crippen LogP contribution in [-0.4, -0.2) is 48.8 Å². The number of hydrogen-bond acceptors (Lipinski definition) is 5. The summed E-state index contributed by atoms with van der Waals surface area (Å²) in [5, 5.41) is 0.682. The van der Waals surface area contributed by atoms with Crippen LogP contribution in [0.5, 0.6) is 0 Å². The van der Waals surface area contributed by atoms with Crippen LogP contribution in [0.3, 0.4) is 0 Å². The zero-order valence-corrected chi connectivity index (χ0v) is 19.2. The summed E-state index contributed by atoms with van der Waals surface area (Å²) in [7, 11) is 3.96. The molecule has 32 heavy (non-hydrogen) atoms. The molecule has 4 aromatic rings. The van der Waals surface area contributed by atoms with E-state index in [2.05, 4.69) is 6.07 Å². The van der Waals surface area contributed by atoms with Gasteiger partial charge in [-0.15, -0.1) is 0 Å². The molecular formula is C26H25N3O2S. The fourth-order valence-corrected chi connectivity index (χ4v) is 4.48. The van der Waals surface area contributed by atoms with E-state index in [0.717, 1.165) is 15.8 Å². The van der Waals surface area contributed by atoms with Gasteiger partial charge in [0, 0.05) is 29.8 Å². The van der Waals surface area contributed by atoms with Crippen molar-refractivity contribution in [1.29, 1.82) is 0 Å². The van der Waals surface area contributed by atoms with E-state index >= 15 is 0 Å². The Hall–Kier alpha value is -3.35.